The van der Waals surface area contributed by atoms with Crippen LogP contribution in [0.15, 0.2) is 10.4 Å². The maximum atomic E-state index is 5.25. The Morgan fingerprint density at radius 2 is 2.26 bits per heavy atom. The van der Waals surface area contributed by atoms with Gasteiger partial charge in [-0.2, -0.15) is 0 Å². The van der Waals surface area contributed by atoms with Crippen LogP contribution in [0.5, 0.6) is 0 Å². The van der Waals surface area contributed by atoms with Gasteiger partial charge in [-0.25, -0.2) is 4.98 Å². The fourth-order valence-electron chi connectivity index (χ4n) is 2.97. The van der Waals surface area contributed by atoms with E-state index in [1.54, 1.807) is 18.4 Å². The van der Waals surface area contributed by atoms with Gasteiger partial charge in [0.2, 0.25) is 0 Å². The normalized spacial score (nSPS) is 16.9. The van der Waals surface area contributed by atoms with Crippen LogP contribution in [0.2, 0.25) is 0 Å². The van der Waals surface area contributed by atoms with Gasteiger partial charge in [0.1, 0.15) is 0 Å². The number of ether oxygens (including phenoxy) is 1. The number of methoxy groups -OCH3 is 1. The van der Waals surface area contributed by atoms with E-state index in [9.17, 15) is 0 Å². The first kappa shape index (κ1) is 18.2. The summed E-state index contributed by atoms with van der Waals surface area (Å²) in [4.78, 5) is 8.82. The summed E-state index contributed by atoms with van der Waals surface area (Å²) >= 11 is 1.75. The number of aromatic nitrogens is 1. The molecule has 2 rings (SSSR count). The number of aliphatic imine (C=N–C) groups is 1. The Hall–Kier alpha value is -1.14. The monoisotopic (exact) mass is 338 g/mol. The summed E-state index contributed by atoms with van der Waals surface area (Å²) in [5.41, 5.74) is 1.53. The van der Waals surface area contributed by atoms with E-state index in [2.05, 4.69) is 26.0 Å². The van der Waals surface area contributed by atoms with E-state index in [1.165, 1.54) is 24.3 Å². The van der Waals surface area contributed by atoms with Crippen molar-refractivity contribution in [1.82, 2.24) is 15.6 Å². The Bertz CT molecular complexity index is 497. The summed E-state index contributed by atoms with van der Waals surface area (Å²) in [6.07, 6.45) is 7.16. The molecule has 0 spiro atoms. The van der Waals surface area contributed by atoms with Gasteiger partial charge in [0.25, 0.3) is 0 Å². The molecule has 0 amide bonds. The maximum Gasteiger partial charge on any atom is 0.190 e. The minimum atomic E-state index is 0.409. The number of guanidine groups is 1. The highest BCUT2D eigenvalue weighted by Crippen LogP contribution is 2.43. The zero-order chi connectivity index (χ0) is 16.5. The third-order valence-corrected chi connectivity index (χ3v) is 5.66. The SMILES string of the molecule is CN=C(NCCCc1nc(C)cs1)NCC1(CCOC)CCC1. The minimum absolute atomic E-state index is 0.409. The molecule has 0 atom stereocenters. The number of aryl methyl sites for hydroxylation is 2. The van der Waals surface area contributed by atoms with Crippen molar-refractivity contribution in [2.75, 3.05) is 33.9 Å². The summed E-state index contributed by atoms with van der Waals surface area (Å²) in [7, 11) is 3.62. The molecule has 0 aromatic carbocycles. The van der Waals surface area contributed by atoms with Crippen LogP contribution < -0.4 is 10.6 Å². The predicted octanol–water partition coefficient (Wildman–Crippen LogP) is 2.76. The molecule has 1 aliphatic carbocycles. The molecule has 5 nitrogen and oxygen atoms in total. The lowest BCUT2D eigenvalue weighted by Gasteiger charge is -2.42. The smallest absolute Gasteiger partial charge is 0.190 e. The Morgan fingerprint density at radius 1 is 1.43 bits per heavy atom. The van der Waals surface area contributed by atoms with Crippen molar-refractivity contribution < 1.29 is 4.74 Å². The first-order valence-corrected chi connectivity index (χ1v) is 9.40. The largest absolute Gasteiger partial charge is 0.385 e. The van der Waals surface area contributed by atoms with E-state index in [0.29, 0.717) is 5.41 Å². The second kappa shape index (κ2) is 9.23. The molecule has 1 fully saturated rings. The standard InChI is InChI=1S/C17H30N4OS/c1-14-12-23-15(21-14)6-4-10-19-16(18-2)20-13-17(7-5-8-17)9-11-22-3/h12H,4-11,13H2,1-3H3,(H2,18,19,20). The van der Waals surface area contributed by atoms with Crippen molar-refractivity contribution in [2.24, 2.45) is 10.4 Å². The van der Waals surface area contributed by atoms with Crippen LogP contribution >= 0.6 is 11.3 Å². The molecule has 1 aromatic rings. The van der Waals surface area contributed by atoms with Crippen LogP contribution in [0.4, 0.5) is 0 Å². The molecule has 2 N–H and O–H groups in total. The number of rotatable bonds is 9. The Kier molecular flexibility index (Phi) is 7.30. The van der Waals surface area contributed by atoms with Crippen LogP contribution in [0.3, 0.4) is 0 Å². The van der Waals surface area contributed by atoms with Gasteiger partial charge in [-0.05, 0) is 38.0 Å². The molecule has 0 unspecified atom stereocenters. The Labute approximate surface area is 144 Å². The highest BCUT2D eigenvalue weighted by atomic mass is 32.1. The van der Waals surface area contributed by atoms with Gasteiger partial charge in [-0.1, -0.05) is 6.42 Å². The first-order valence-electron chi connectivity index (χ1n) is 8.52. The van der Waals surface area contributed by atoms with E-state index in [4.69, 9.17) is 4.74 Å². The van der Waals surface area contributed by atoms with Gasteiger partial charge in [-0.15, -0.1) is 11.3 Å². The van der Waals surface area contributed by atoms with Crippen LogP contribution in [0, 0.1) is 12.3 Å². The van der Waals surface area contributed by atoms with Crippen molar-refractivity contribution in [2.45, 2.75) is 45.4 Å². The molecule has 1 aromatic heterocycles. The average Bonchev–Trinajstić information content (AvgIpc) is 2.93. The topological polar surface area (TPSA) is 58.5 Å². The van der Waals surface area contributed by atoms with Crippen LogP contribution in [0.1, 0.15) is 42.8 Å². The third kappa shape index (κ3) is 5.77. The minimum Gasteiger partial charge on any atom is -0.385 e. The molecule has 0 aliphatic heterocycles. The number of thiazole rings is 1. The van der Waals surface area contributed by atoms with E-state index < -0.39 is 0 Å². The maximum absolute atomic E-state index is 5.25. The van der Waals surface area contributed by atoms with Gasteiger partial charge >= 0.3 is 0 Å². The number of nitrogens with one attached hydrogen (secondary N) is 2. The second-order valence-corrected chi connectivity index (χ2v) is 7.38. The zero-order valence-corrected chi connectivity index (χ0v) is 15.5. The lowest BCUT2D eigenvalue weighted by Crippen LogP contribution is -2.47. The van der Waals surface area contributed by atoms with Crippen LogP contribution in [0.25, 0.3) is 0 Å². The second-order valence-electron chi connectivity index (χ2n) is 6.44. The molecule has 23 heavy (non-hydrogen) atoms. The van der Waals surface area contributed by atoms with Gasteiger partial charge < -0.3 is 15.4 Å². The van der Waals surface area contributed by atoms with Crippen molar-refractivity contribution in [1.29, 1.82) is 0 Å². The average molecular weight is 339 g/mol. The van der Waals surface area contributed by atoms with Crippen molar-refractivity contribution in [3.8, 4) is 0 Å². The molecular formula is C17H30N4OS. The van der Waals surface area contributed by atoms with Gasteiger partial charge in [0.15, 0.2) is 5.96 Å². The number of hydrogen-bond donors (Lipinski definition) is 2. The highest BCUT2D eigenvalue weighted by Gasteiger charge is 2.36. The molecule has 0 radical (unpaired) electrons. The Morgan fingerprint density at radius 3 is 2.83 bits per heavy atom. The van der Waals surface area contributed by atoms with E-state index in [1.807, 2.05) is 14.0 Å². The molecule has 1 aliphatic rings. The lowest BCUT2D eigenvalue weighted by molar-refractivity contribution is 0.0732. The number of nitrogens with zero attached hydrogens (tertiary/aromatic N) is 2. The molecule has 1 saturated carbocycles. The van der Waals surface area contributed by atoms with Crippen molar-refractivity contribution in [3.63, 3.8) is 0 Å². The van der Waals surface area contributed by atoms with Crippen molar-refractivity contribution >= 4 is 17.3 Å². The van der Waals surface area contributed by atoms with Gasteiger partial charge in [0, 0.05) is 51.3 Å². The fraction of sp³-hybridized carbons (Fsp3) is 0.765. The summed E-state index contributed by atoms with van der Waals surface area (Å²) in [5, 5.41) is 10.2. The van der Waals surface area contributed by atoms with Crippen LogP contribution in [-0.2, 0) is 11.2 Å². The van der Waals surface area contributed by atoms with Crippen molar-refractivity contribution in [3.05, 3.63) is 16.1 Å². The Balaban J connectivity index is 1.65. The molecule has 0 bridgehead atoms. The third-order valence-electron chi connectivity index (χ3n) is 4.63. The van der Waals surface area contributed by atoms with E-state index in [0.717, 1.165) is 50.6 Å². The molecule has 1 heterocycles. The van der Waals surface area contributed by atoms with E-state index >= 15 is 0 Å². The fourth-order valence-corrected chi connectivity index (χ4v) is 3.78. The lowest BCUT2D eigenvalue weighted by atomic mass is 9.67. The molecule has 130 valence electrons. The van der Waals surface area contributed by atoms with Gasteiger partial charge in [0.05, 0.1) is 5.01 Å². The molecule has 6 heteroatoms. The summed E-state index contributed by atoms with van der Waals surface area (Å²) < 4.78 is 5.25. The predicted molar refractivity (Wildman–Crippen MR) is 97.3 cm³/mol. The summed E-state index contributed by atoms with van der Waals surface area (Å²) in [6, 6.07) is 0. The molecular weight excluding hydrogens is 308 g/mol. The zero-order valence-electron chi connectivity index (χ0n) is 14.7. The first-order chi connectivity index (χ1) is 11.2. The van der Waals surface area contributed by atoms with Gasteiger partial charge in [-0.3, -0.25) is 4.99 Å². The van der Waals surface area contributed by atoms with Crippen LogP contribution in [-0.4, -0.2) is 44.8 Å². The highest BCUT2D eigenvalue weighted by molar-refractivity contribution is 7.09. The molecule has 0 saturated heterocycles. The summed E-state index contributed by atoms with van der Waals surface area (Å²) in [6.45, 7) is 4.80. The number of hydrogen-bond acceptors (Lipinski definition) is 4. The summed E-state index contributed by atoms with van der Waals surface area (Å²) in [5.74, 6) is 0.906. The quantitative estimate of drug-likeness (QED) is 0.413. The van der Waals surface area contributed by atoms with E-state index in [-0.39, 0.29) is 0 Å².